The van der Waals surface area contributed by atoms with Crippen molar-refractivity contribution < 1.29 is 22.4 Å². The summed E-state index contributed by atoms with van der Waals surface area (Å²) in [5.74, 6) is -2.09. The lowest BCUT2D eigenvalue weighted by molar-refractivity contribution is -0.153. The predicted octanol–water partition coefficient (Wildman–Crippen LogP) is 3.55. The molecule has 1 amide bonds. The zero-order valence-electron chi connectivity index (χ0n) is 15.7. The predicted molar refractivity (Wildman–Crippen MR) is 104 cm³/mol. The van der Waals surface area contributed by atoms with Crippen LogP contribution in [0.1, 0.15) is 22.7 Å². The molecule has 3 heterocycles. The topological polar surface area (TPSA) is 97.3 Å². The number of carbonyl (C=O) groups is 1. The zero-order valence-corrected chi connectivity index (χ0v) is 15.7. The highest BCUT2D eigenvalue weighted by molar-refractivity contribution is 6.04. The van der Waals surface area contributed by atoms with Gasteiger partial charge in [0, 0.05) is 24.7 Å². The van der Waals surface area contributed by atoms with Gasteiger partial charge in [-0.05, 0) is 30.7 Å². The fourth-order valence-corrected chi connectivity index (χ4v) is 3.20. The number of nitrogens with zero attached hydrogens (tertiary/aromatic N) is 3. The third kappa shape index (κ3) is 4.13. The van der Waals surface area contributed by atoms with Crippen LogP contribution in [0.5, 0.6) is 0 Å². The van der Waals surface area contributed by atoms with Crippen molar-refractivity contribution in [3.05, 3.63) is 60.1 Å². The minimum atomic E-state index is -4.87. The smallest absolute Gasteiger partial charge is 0.431 e. The van der Waals surface area contributed by atoms with Crippen LogP contribution in [0, 0.1) is 0 Å². The van der Waals surface area contributed by atoms with Gasteiger partial charge in [0.25, 0.3) is 5.91 Å². The fourth-order valence-electron chi connectivity index (χ4n) is 3.20. The number of amides is 1. The summed E-state index contributed by atoms with van der Waals surface area (Å²) in [4.78, 5) is 22.6. The Labute approximate surface area is 169 Å². The first-order chi connectivity index (χ1) is 14.3. The van der Waals surface area contributed by atoms with Crippen LogP contribution in [0.3, 0.4) is 0 Å². The number of benzene rings is 1. The number of rotatable bonds is 4. The van der Waals surface area contributed by atoms with E-state index in [2.05, 4.69) is 15.3 Å². The lowest BCUT2D eigenvalue weighted by Crippen LogP contribution is -2.26. The average molecular weight is 417 g/mol. The number of aromatic nitrogens is 2. The van der Waals surface area contributed by atoms with Gasteiger partial charge in [0.05, 0.1) is 11.9 Å². The summed E-state index contributed by atoms with van der Waals surface area (Å²) in [6.07, 6.45) is -2.64. The number of halogens is 3. The maximum atomic E-state index is 13.4. The monoisotopic (exact) mass is 417 g/mol. The van der Waals surface area contributed by atoms with Crippen molar-refractivity contribution in [3.8, 4) is 11.5 Å². The van der Waals surface area contributed by atoms with Gasteiger partial charge < -0.3 is 20.4 Å². The zero-order chi connectivity index (χ0) is 21.3. The Morgan fingerprint density at radius 3 is 2.57 bits per heavy atom. The van der Waals surface area contributed by atoms with Gasteiger partial charge in [0.1, 0.15) is 5.82 Å². The molecule has 3 N–H and O–H groups in total. The maximum Gasteiger partial charge on any atom is 0.452 e. The Bertz CT molecular complexity index is 1030. The summed E-state index contributed by atoms with van der Waals surface area (Å²) in [6, 6.07) is 11.4. The van der Waals surface area contributed by atoms with E-state index >= 15 is 0 Å². The van der Waals surface area contributed by atoms with Gasteiger partial charge in [-0.1, -0.05) is 18.2 Å². The molecule has 4 rings (SSSR count). The second-order valence-electron chi connectivity index (χ2n) is 6.91. The van der Waals surface area contributed by atoms with Crippen LogP contribution in [-0.4, -0.2) is 35.0 Å². The van der Waals surface area contributed by atoms with E-state index in [0.29, 0.717) is 17.9 Å². The third-order valence-corrected chi connectivity index (χ3v) is 4.67. The average Bonchev–Trinajstić information content (AvgIpc) is 3.36. The van der Waals surface area contributed by atoms with Gasteiger partial charge >= 0.3 is 6.18 Å². The molecule has 10 heteroatoms. The molecule has 1 aromatic carbocycles. The Balaban J connectivity index is 1.56. The Morgan fingerprint density at radius 2 is 1.97 bits per heavy atom. The molecule has 0 unspecified atom stereocenters. The number of alkyl halides is 3. The molecule has 30 heavy (non-hydrogen) atoms. The minimum Gasteiger partial charge on any atom is -0.431 e. The number of carbonyl (C=O) groups excluding carboxylic acids is 1. The van der Waals surface area contributed by atoms with E-state index in [9.17, 15) is 18.0 Å². The van der Waals surface area contributed by atoms with Gasteiger partial charge in [0.15, 0.2) is 5.69 Å². The lowest BCUT2D eigenvalue weighted by atomic mass is 10.2. The van der Waals surface area contributed by atoms with E-state index in [1.54, 1.807) is 42.5 Å². The Kier molecular flexibility index (Phi) is 5.17. The van der Waals surface area contributed by atoms with E-state index in [1.165, 1.54) is 6.20 Å². The van der Waals surface area contributed by atoms with Crippen molar-refractivity contribution >= 4 is 17.4 Å². The first-order valence-corrected chi connectivity index (χ1v) is 9.22. The highest BCUT2D eigenvalue weighted by Gasteiger charge is 2.42. The van der Waals surface area contributed by atoms with Gasteiger partial charge in [-0.25, -0.2) is 9.97 Å². The van der Waals surface area contributed by atoms with Crippen molar-refractivity contribution in [2.24, 2.45) is 5.73 Å². The van der Waals surface area contributed by atoms with E-state index in [1.807, 2.05) is 4.90 Å². The molecule has 1 saturated heterocycles. The van der Waals surface area contributed by atoms with Crippen LogP contribution < -0.4 is 16.0 Å². The Hall–Kier alpha value is -3.40. The van der Waals surface area contributed by atoms with Crippen molar-refractivity contribution in [1.82, 2.24) is 9.97 Å². The number of nitrogens with one attached hydrogen (secondary N) is 1. The van der Waals surface area contributed by atoms with E-state index in [-0.39, 0.29) is 17.6 Å². The first-order valence-electron chi connectivity index (χ1n) is 9.22. The van der Waals surface area contributed by atoms with Crippen LogP contribution in [0.2, 0.25) is 0 Å². The van der Waals surface area contributed by atoms with E-state index in [4.69, 9.17) is 10.2 Å². The highest BCUT2D eigenvalue weighted by Crippen LogP contribution is 2.35. The first kappa shape index (κ1) is 19.9. The molecule has 1 fully saturated rings. The number of hydrogen-bond acceptors (Lipinski definition) is 6. The van der Waals surface area contributed by atoms with Crippen molar-refractivity contribution in [2.45, 2.75) is 18.6 Å². The summed E-state index contributed by atoms with van der Waals surface area (Å²) in [5, 5.41) is 2.39. The molecular formula is C20H18F3N5O2. The van der Waals surface area contributed by atoms with Crippen LogP contribution in [0.25, 0.3) is 11.5 Å². The standard InChI is InChI=1S/C20H18F3N5O2/c21-20(22,23)17-16(27-19(30-17)12-4-2-1-3-5-12)18(29)26-14-6-7-15(25-10-14)28-9-8-13(24)11-28/h1-7,10,13H,8-9,11,24H2,(H,26,29)/t13-/m1/s1. The summed E-state index contributed by atoms with van der Waals surface area (Å²) in [7, 11) is 0. The van der Waals surface area contributed by atoms with Crippen molar-refractivity contribution in [2.75, 3.05) is 23.3 Å². The van der Waals surface area contributed by atoms with Crippen LogP contribution in [0.15, 0.2) is 53.1 Å². The molecule has 0 saturated carbocycles. The molecule has 0 spiro atoms. The molecule has 1 aliphatic rings. The van der Waals surface area contributed by atoms with Crippen molar-refractivity contribution in [3.63, 3.8) is 0 Å². The van der Waals surface area contributed by atoms with Crippen LogP contribution in [-0.2, 0) is 6.18 Å². The normalized spacial score (nSPS) is 16.7. The summed E-state index contributed by atoms with van der Waals surface area (Å²) in [5.41, 5.74) is 5.62. The third-order valence-electron chi connectivity index (χ3n) is 4.67. The van der Waals surface area contributed by atoms with Gasteiger partial charge in [0.2, 0.25) is 11.7 Å². The number of nitrogens with two attached hydrogens (primary N) is 1. The summed E-state index contributed by atoms with van der Waals surface area (Å²) < 4.78 is 45.1. The SMILES string of the molecule is N[C@@H]1CCN(c2ccc(NC(=O)c3nc(-c4ccccc4)oc3C(F)(F)F)cn2)C1. The number of oxazole rings is 1. The molecule has 7 nitrogen and oxygen atoms in total. The molecule has 1 aliphatic heterocycles. The number of hydrogen-bond donors (Lipinski definition) is 2. The molecular weight excluding hydrogens is 399 g/mol. The molecule has 1 atom stereocenters. The lowest BCUT2D eigenvalue weighted by Gasteiger charge is -2.16. The quantitative estimate of drug-likeness (QED) is 0.674. The number of pyridine rings is 1. The molecule has 0 bridgehead atoms. The van der Waals surface area contributed by atoms with Gasteiger partial charge in [-0.15, -0.1) is 0 Å². The van der Waals surface area contributed by atoms with Crippen molar-refractivity contribution in [1.29, 1.82) is 0 Å². The number of anilines is 2. The second kappa shape index (κ2) is 7.79. The van der Waals surface area contributed by atoms with Gasteiger partial charge in [-0.3, -0.25) is 4.79 Å². The highest BCUT2D eigenvalue weighted by atomic mass is 19.4. The summed E-state index contributed by atoms with van der Waals surface area (Å²) in [6.45, 7) is 1.45. The summed E-state index contributed by atoms with van der Waals surface area (Å²) >= 11 is 0. The largest absolute Gasteiger partial charge is 0.452 e. The minimum absolute atomic E-state index is 0.0814. The fraction of sp³-hybridized carbons (Fsp3) is 0.250. The maximum absolute atomic E-state index is 13.4. The molecule has 0 aliphatic carbocycles. The van der Waals surface area contributed by atoms with E-state index in [0.717, 1.165) is 13.0 Å². The molecule has 2 aromatic heterocycles. The molecule has 156 valence electrons. The Morgan fingerprint density at radius 1 is 1.20 bits per heavy atom. The molecule has 3 aromatic rings. The second-order valence-corrected chi connectivity index (χ2v) is 6.91. The van der Waals surface area contributed by atoms with Crippen LogP contribution in [0.4, 0.5) is 24.7 Å². The molecule has 0 radical (unpaired) electrons. The van der Waals surface area contributed by atoms with Gasteiger partial charge in [-0.2, -0.15) is 13.2 Å². The van der Waals surface area contributed by atoms with E-state index < -0.39 is 23.5 Å². The van der Waals surface area contributed by atoms with Crippen LogP contribution >= 0.6 is 0 Å².